The number of hydrogen-bond donors (Lipinski definition) is 0. The second-order valence-electron chi connectivity index (χ2n) is 2.01. The Hall–Kier alpha value is -0.0400. The van der Waals surface area contributed by atoms with Gasteiger partial charge in [0.05, 0.1) is 0 Å². The molecule has 0 bridgehead atoms. The summed E-state index contributed by atoms with van der Waals surface area (Å²) in [6.07, 6.45) is 0.0236. The molecule has 60 valence electrons. The van der Waals surface area contributed by atoms with Crippen LogP contribution in [-0.4, -0.2) is 5.66 Å². The monoisotopic (exact) mass is 170 g/mol. The van der Waals surface area contributed by atoms with E-state index in [2.05, 4.69) is 0 Å². The maximum atomic E-state index is 12.4. The number of allylic oxidation sites excluding steroid dienone is 2. The van der Waals surface area contributed by atoms with Gasteiger partial charge in [-0.25, -0.2) is 4.39 Å². The topological polar surface area (TPSA) is 0 Å². The summed E-state index contributed by atoms with van der Waals surface area (Å²) in [5.74, 6) is -0.736. The standard InChI is InChI=1S/C6H10F3P/c1-3-5(7)4(2)6(8,9)10/h3,10H2,1-2H3/b5-4-. The normalized spacial score (nSPS) is 15.0. The lowest BCUT2D eigenvalue weighted by atomic mass is 10.2. The van der Waals surface area contributed by atoms with Crippen molar-refractivity contribution < 1.29 is 13.2 Å². The lowest BCUT2D eigenvalue weighted by Gasteiger charge is -2.10. The smallest absolute Gasteiger partial charge is 0.212 e. The first kappa shape index (κ1) is 9.96. The second kappa shape index (κ2) is 3.38. The van der Waals surface area contributed by atoms with Gasteiger partial charge in [-0.15, -0.1) is 0 Å². The van der Waals surface area contributed by atoms with Crippen molar-refractivity contribution in [2.24, 2.45) is 0 Å². The van der Waals surface area contributed by atoms with E-state index in [1.807, 2.05) is 0 Å². The van der Waals surface area contributed by atoms with E-state index in [1.54, 1.807) is 0 Å². The van der Waals surface area contributed by atoms with Crippen LogP contribution < -0.4 is 0 Å². The molecule has 0 radical (unpaired) electrons. The molecule has 0 aliphatic heterocycles. The van der Waals surface area contributed by atoms with Gasteiger partial charge in [-0.3, -0.25) is 0 Å². The van der Waals surface area contributed by atoms with Crippen LogP contribution in [0.4, 0.5) is 13.2 Å². The van der Waals surface area contributed by atoms with Crippen LogP contribution in [0.3, 0.4) is 0 Å². The van der Waals surface area contributed by atoms with E-state index in [1.165, 1.54) is 16.2 Å². The molecule has 0 nitrogen and oxygen atoms in total. The van der Waals surface area contributed by atoms with Crippen LogP contribution in [-0.2, 0) is 0 Å². The zero-order valence-electron chi connectivity index (χ0n) is 5.92. The minimum Gasteiger partial charge on any atom is -0.212 e. The molecule has 0 aromatic heterocycles. The van der Waals surface area contributed by atoms with Gasteiger partial charge < -0.3 is 0 Å². The fraction of sp³-hybridized carbons (Fsp3) is 0.667. The SMILES string of the molecule is CC/C(F)=C(\C)C(F)(F)P. The molecule has 0 saturated heterocycles. The van der Waals surface area contributed by atoms with Crippen LogP contribution in [0.25, 0.3) is 0 Å². The molecule has 0 spiro atoms. The highest BCUT2D eigenvalue weighted by Crippen LogP contribution is 2.33. The van der Waals surface area contributed by atoms with E-state index in [9.17, 15) is 13.2 Å². The van der Waals surface area contributed by atoms with E-state index in [0.717, 1.165) is 6.92 Å². The molecule has 10 heavy (non-hydrogen) atoms. The fourth-order valence-electron chi connectivity index (χ4n) is 0.446. The first-order valence-electron chi connectivity index (χ1n) is 2.92. The summed E-state index contributed by atoms with van der Waals surface area (Å²) < 4.78 is 36.8. The van der Waals surface area contributed by atoms with Crippen molar-refractivity contribution in [1.29, 1.82) is 0 Å². The Kier molecular flexibility index (Phi) is 3.37. The van der Waals surface area contributed by atoms with E-state index < -0.39 is 17.1 Å². The predicted octanol–water partition coefficient (Wildman–Crippen LogP) is 3.11. The Labute approximate surface area is 60.7 Å². The van der Waals surface area contributed by atoms with Crippen LogP contribution >= 0.6 is 9.24 Å². The van der Waals surface area contributed by atoms with Gasteiger partial charge in [-0.2, -0.15) is 8.78 Å². The summed E-state index contributed by atoms with van der Waals surface area (Å²) in [5, 5.41) is 0. The molecule has 0 N–H and O–H groups in total. The first-order valence-corrected chi connectivity index (χ1v) is 3.49. The first-order chi connectivity index (χ1) is 4.39. The van der Waals surface area contributed by atoms with Crippen molar-refractivity contribution in [3.63, 3.8) is 0 Å². The molecular weight excluding hydrogens is 160 g/mol. The average Bonchev–Trinajstić information content (AvgIpc) is 1.83. The Bertz CT molecular complexity index is 146. The van der Waals surface area contributed by atoms with E-state index in [4.69, 9.17) is 0 Å². The van der Waals surface area contributed by atoms with Crippen LogP contribution in [0.2, 0.25) is 0 Å². The highest BCUT2D eigenvalue weighted by molar-refractivity contribution is 7.18. The third-order valence-electron chi connectivity index (χ3n) is 1.22. The van der Waals surface area contributed by atoms with E-state index >= 15 is 0 Å². The molecule has 0 fully saturated rings. The largest absolute Gasteiger partial charge is 0.282 e. The summed E-state index contributed by atoms with van der Waals surface area (Å²) in [5.41, 5.74) is -3.60. The van der Waals surface area contributed by atoms with Gasteiger partial charge in [0.1, 0.15) is 5.83 Å². The number of alkyl halides is 2. The van der Waals surface area contributed by atoms with Crippen molar-refractivity contribution >= 4 is 9.24 Å². The van der Waals surface area contributed by atoms with Crippen molar-refractivity contribution in [2.75, 3.05) is 0 Å². The lowest BCUT2D eigenvalue weighted by Crippen LogP contribution is -2.07. The van der Waals surface area contributed by atoms with Crippen LogP contribution in [0.15, 0.2) is 11.4 Å². The molecule has 0 aliphatic rings. The third-order valence-corrected chi connectivity index (χ3v) is 1.65. The van der Waals surface area contributed by atoms with Crippen molar-refractivity contribution in [3.05, 3.63) is 11.4 Å². The van der Waals surface area contributed by atoms with Gasteiger partial charge in [0.2, 0.25) is 0 Å². The zero-order chi connectivity index (χ0) is 8.36. The Morgan fingerprint density at radius 2 is 1.90 bits per heavy atom. The quantitative estimate of drug-likeness (QED) is 0.558. The Morgan fingerprint density at radius 1 is 1.50 bits per heavy atom. The van der Waals surface area contributed by atoms with Gasteiger partial charge in [0.15, 0.2) is 0 Å². The maximum absolute atomic E-state index is 12.4. The fourth-order valence-corrected chi connectivity index (χ4v) is 0.603. The highest BCUT2D eigenvalue weighted by atomic mass is 31.0. The number of hydrogen-bond acceptors (Lipinski definition) is 0. The molecule has 0 aromatic rings. The van der Waals surface area contributed by atoms with Gasteiger partial charge in [0.25, 0.3) is 5.66 Å². The zero-order valence-corrected chi connectivity index (χ0v) is 7.07. The van der Waals surface area contributed by atoms with Gasteiger partial charge >= 0.3 is 0 Å². The van der Waals surface area contributed by atoms with Crippen LogP contribution in [0.5, 0.6) is 0 Å². The predicted molar refractivity (Wildman–Crippen MR) is 38.8 cm³/mol. The summed E-state index contributed by atoms with van der Waals surface area (Å²) in [6, 6.07) is 0. The summed E-state index contributed by atoms with van der Waals surface area (Å²) in [7, 11) is 1.30. The minimum absolute atomic E-state index is 0.0236. The molecule has 0 heterocycles. The molecule has 0 aliphatic carbocycles. The highest BCUT2D eigenvalue weighted by Gasteiger charge is 2.26. The number of halogens is 3. The lowest BCUT2D eigenvalue weighted by molar-refractivity contribution is 0.142. The average molecular weight is 170 g/mol. The van der Waals surface area contributed by atoms with Gasteiger partial charge in [-0.1, -0.05) is 16.2 Å². The molecule has 0 amide bonds. The molecule has 4 heteroatoms. The van der Waals surface area contributed by atoms with Crippen molar-refractivity contribution in [3.8, 4) is 0 Å². The van der Waals surface area contributed by atoms with Crippen LogP contribution in [0, 0.1) is 0 Å². The van der Waals surface area contributed by atoms with Gasteiger partial charge in [-0.05, 0) is 13.3 Å². The van der Waals surface area contributed by atoms with E-state index in [0.29, 0.717) is 0 Å². The second-order valence-corrected chi connectivity index (χ2v) is 2.73. The molecule has 1 unspecified atom stereocenters. The van der Waals surface area contributed by atoms with E-state index in [-0.39, 0.29) is 6.42 Å². The van der Waals surface area contributed by atoms with Crippen molar-refractivity contribution in [1.82, 2.24) is 0 Å². The maximum Gasteiger partial charge on any atom is 0.282 e. The van der Waals surface area contributed by atoms with Crippen LogP contribution in [0.1, 0.15) is 20.3 Å². The Morgan fingerprint density at radius 3 is 2.00 bits per heavy atom. The summed E-state index contributed by atoms with van der Waals surface area (Å²) in [4.78, 5) is 0. The third kappa shape index (κ3) is 2.70. The molecule has 1 atom stereocenters. The van der Waals surface area contributed by atoms with Gasteiger partial charge in [0, 0.05) is 5.57 Å². The molecule has 0 saturated carbocycles. The number of rotatable bonds is 2. The minimum atomic E-state index is -3.10. The summed E-state index contributed by atoms with van der Waals surface area (Å²) >= 11 is 0. The molecule has 0 aromatic carbocycles. The molecule has 0 rings (SSSR count). The molecular formula is C6H10F3P. The summed E-state index contributed by atoms with van der Waals surface area (Å²) in [6.45, 7) is 2.58. The Balaban J connectivity index is 4.47. The van der Waals surface area contributed by atoms with Crippen molar-refractivity contribution in [2.45, 2.75) is 25.9 Å².